The molecule has 0 aliphatic heterocycles. The first-order valence-corrected chi connectivity index (χ1v) is 10.2. The Bertz CT molecular complexity index is 1110. The highest BCUT2D eigenvalue weighted by Crippen LogP contribution is 2.49. The molecule has 2 aromatic carbocycles. The minimum Gasteiger partial charge on any atom is -0.437 e. The zero-order valence-electron chi connectivity index (χ0n) is 16.1. The summed E-state index contributed by atoms with van der Waals surface area (Å²) in [4.78, 5) is 26.5. The molecule has 5 rings (SSSR count). The van der Waals surface area contributed by atoms with Gasteiger partial charge in [-0.15, -0.1) is 9.89 Å². The minimum absolute atomic E-state index is 0.168. The molecule has 29 heavy (non-hydrogen) atoms. The van der Waals surface area contributed by atoms with Gasteiger partial charge in [0.15, 0.2) is 0 Å². The molecular formula is C23H23N3O3. The Kier molecular flexibility index (Phi) is 4.54. The number of carbonyl (C=O) groups is 1. The second-order valence-corrected chi connectivity index (χ2v) is 8.16. The summed E-state index contributed by atoms with van der Waals surface area (Å²) < 4.78 is 5.92. The molecule has 3 atom stereocenters. The van der Waals surface area contributed by atoms with Gasteiger partial charge in [-0.3, -0.25) is 9.59 Å². The fraction of sp³-hybridized carbons (Fsp3) is 0.348. The number of nitrogens with one attached hydrogen (secondary N) is 1. The first kappa shape index (κ1) is 17.9. The molecule has 0 radical (unpaired) electrons. The Morgan fingerprint density at radius 1 is 1.03 bits per heavy atom. The van der Waals surface area contributed by atoms with Gasteiger partial charge >= 0.3 is 0 Å². The monoisotopic (exact) mass is 389 g/mol. The lowest BCUT2D eigenvalue weighted by atomic mass is 9.86. The number of hydrogen-bond donors (Lipinski definition) is 1. The van der Waals surface area contributed by atoms with E-state index in [1.165, 1.54) is 19.3 Å². The molecule has 0 saturated heterocycles. The van der Waals surface area contributed by atoms with Gasteiger partial charge in [0.2, 0.25) is 11.8 Å². The molecule has 3 unspecified atom stereocenters. The van der Waals surface area contributed by atoms with E-state index in [4.69, 9.17) is 4.74 Å². The van der Waals surface area contributed by atoms with Crippen molar-refractivity contribution < 1.29 is 9.53 Å². The molecule has 2 fully saturated rings. The highest BCUT2D eigenvalue weighted by atomic mass is 16.5. The Labute approximate surface area is 168 Å². The van der Waals surface area contributed by atoms with Gasteiger partial charge in [0.1, 0.15) is 5.75 Å². The van der Waals surface area contributed by atoms with Gasteiger partial charge in [0, 0.05) is 6.42 Å². The predicted molar refractivity (Wildman–Crippen MR) is 110 cm³/mol. The molecule has 148 valence electrons. The van der Waals surface area contributed by atoms with Crippen LogP contribution in [-0.2, 0) is 4.79 Å². The van der Waals surface area contributed by atoms with Crippen LogP contribution < -0.4 is 15.7 Å². The maximum absolute atomic E-state index is 12.9. The quantitative estimate of drug-likeness (QED) is 0.713. The summed E-state index contributed by atoms with van der Waals surface area (Å²) in [5.41, 5.74) is 2.33. The number of fused-ring (bicyclic) bond motifs is 3. The van der Waals surface area contributed by atoms with Crippen molar-refractivity contribution in [3.05, 3.63) is 65.0 Å². The van der Waals surface area contributed by atoms with E-state index in [0.717, 1.165) is 17.1 Å². The first-order valence-electron chi connectivity index (χ1n) is 10.2. The molecule has 2 bridgehead atoms. The average Bonchev–Trinajstić information content (AvgIpc) is 3.35. The van der Waals surface area contributed by atoms with E-state index in [1.54, 1.807) is 18.2 Å². The van der Waals surface area contributed by atoms with Crippen molar-refractivity contribution in [1.82, 2.24) is 9.89 Å². The van der Waals surface area contributed by atoms with Crippen molar-refractivity contribution in [2.75, 3.05) is 5.43 Å². The number of benzene rings is 2. The molecule has 0 spiro atoms. The number of aromatic nitrogens is 2. The Morgan fingerprint density at radius 2 is 1.79 bits per heavy atom. The molecule has 2 aliphatic rings. The van der Waals surface area contributed by atoms with Gasteiger partial charge in [-0.1, -0.05) is 36.8 Å². The lowest BCUT2D eigenvalue weighted by molar-refractivity contribution is -0.118. The van der Waals surface area contributed by atoms with Crippen molar-refractivity contribution in [3.63, 3.8) is 0 Å². The third kappa shape index (κ3) is 3.50. The standard InChI is InChI=1S/C23H23N3O3/c27-21(14-17-13-15-10-11-16(17)12-15)24-26-23(28)20-9-5-4-8-19(20)22(25-26)29-18-6-2-1-3-7-18/h1-9,15-17H,10-14H2,(H,24,27). The summed E-state index contributed by atoms with van der Waals surface area (Å²) in [6.07, 6.45) is 5.35. The van der Waals surface area contributed by atoms with Crippen LogP contribution >= 0.6 is 0 Å². The Hall–Kier alpha value is -3.15. The van der Waals surface area contributed by atoms with Crippen LogP contribution in [0.5, 0.6) is 11.6 Å². The molecule has 2 aliphatic carbocycles. The second-order valence-electron chi connectivity index (χ2n) is 8.16. The van der Waals surface area contributed by atoms with Gasteiger partial charge in [0.25, 0.3) is 5.56 Å². The SMILES string of the molecule is O=C(CC1CC2CCC1C2)Nn1nc(Oc2ccccc2)c2ccccc2c1=O. The fourth-order valence-electron chi connectivity index (χ4n) is 4.94. The average molecular weight is 389 g/mol. The van der Waals surface area contributed by atoms with Crippen LogP contribution in [-0.4, -0.2) is 15.8 Å². The molecular weight excluding hydrogens is 366 g/mol. The number of hydrogen-bond acceptors (Lipinski definition) is 4. The third-order valence-corrected chi connectivity index (χ3v) is 6.29. The summed E-state index contributed by atoms with van der Waals surface area (Å²) in [7, 11) is 0. The topological polar surface area (TPSA) is 73.2 Å². The normalized spacial score (nSPS) is 22.7. The van der Waals surface area contributed by atoms with E-state index in [0.29, 0.717) is 34.8 Å². The van der Waals surface area contributed by atoms with Crippen LogP contribution in [0.2, 0.25) is 0 Å². The van der Waals surface area contributed by atoms with Gasteiger partial charge in [-0.2, -0.15) is 0 Å². The van der Waals surface area contributed by atoms with Crippen molar-refractivity contribution in [1.29, 1.82) is 0 Å². The summed E-state index contributed by atoms with van der Waals surface area (Å²) in [6, 6.07) is 16.4. The molecule has 1 amide bonds. The van der Waals surface area contributed by atoms with Crippen molar-refractivity contribution >= 4 is 16.7 Å². The van der Waals surface area contributed by atoms with Crippen LogP contribution in [0, 0.1) is 17.8 Å². The summed E-state index contributed by atoms with van der Waals surface area (Å²) in [5.74, 6) is 2.59. The zero-order valence-corrected chi connectivity index (χ0v) is 16.1. The molecule has 6 nitrogen and oxygen atoms in total. The van der Waals surface area contributed by atoms with Crippen molar-refractivity contribution in [2.24, 2.45) is 17.8 Å². The minimum atomic E-state index is -0.359. The number of nitrogens with zero attached hydrogens (tertiary/aromatic N) is 2. The number of rotatable bonds is 5. The number of para-hydroxylation sites is 1. The Morgan fingerprint density at radius 3 is 2.52 bits per heavy atom. The predicted octanol–water partition coefficient (Wildman–Crippen LogP) is 4.09. The maximum atomic E-state index is 12.9. The van der Waals surface area contributed by atoms with E-state index in [1.807, 2.05) is 36.4 Å². The van der Waals surface area contributed by atoms with Crippen molar-refractivity contribution in [2.45, 2.75) is 32.1 Å². The van der Waals surface area contributed by atoms with Gasteiger partial charge in [0.05, 0.1) is 10.8 Å². The number of amides is 1. The van der Waals surface area contributed by atoms with E-state index in [2.05, 4.69) is 10.5 Å². The lowest BCUT2D eigenvalue weighted by Crippen LogP contribution is -2.36. The molecule has 1 aromatic heterocycles. The van der Waals surface area contributed by atoms with Gasteiger partial charge in [-0.25, -0.2) is 5.43 Å². The molecule has 3 aromatic rings. The Balaban J connectivity index is 1.43. The molecule has 1 heterocycles. The maximum Gasteiger partial charge on any atom is 0.294 e. The highest BCUT2D eigenvalue weighted by molar-refractivity contribution is 5.87. The third-order valence-electron chi connectivity index (χ3n) is 6.29. The van der Waals surface area contributed by atoms with Crippen LogP contribution in [0.25, 0.3) is 10.8 Å². The van der Waals surface area contributed by atoms with Crippen LogP contribution in [0.4, 0.5) is 0 Å². The molecule has 6 heteroatoms. The highest BCUT2D eigenvalue weighted by Gasteiger charge is 2.40. The smallest absolute Gasteiger partial charge is 0.294 e. The van der Waals surface area contributed by atoms with E-state index >= 15 is 0 Å². The fourth-order valence-corrected chi connectivity index (χ4v) is 4.94. The largest absolute Gasteiger partial charge is 0.437 e. The second kappa shape index (κ2) is 7.35. The summed E-state index contributed by atoms with van der Waals surface area (Å²) in [6.45, 7) is 0. The van der Waals surface area contributed by atoms with Crippen LogP contribution in [0.1, 0.15) is 32.1 Å². The lowest BCUT2D eigenvalue weighted by Gasteiger charge is -2.21. The van der Waals surface area contributed by atoms with E-state index < -0.39 is 0 Å². The zero-order chi connectivity index (χ0) is 19.8. The van der Waals surface area contributed by atoms with Crippen LogP contribution in [0.15, 0.2) is 59.4 Å². The van der Waals surface area contributed by atoms with E-state index in [-0.39, 0.29) is 17.3 Å². The molecule has 2 saturated carbocycles. The number of ether oxygens (including phenoxy) is 1. The van der Waals surface area contributed by atoms with Crippen molar-refractivity contribution in [3.8, 4) is 11.6 Å². The number of carbonyl (C=O) groups excluding carboxylic acids is 1. The van der Waals surface area contributed by atoms with Gasteiger partial charge in [-0.05, 0) is 61.3 Å². The van der Waals surface area contributed by atoms with Gasteiger partial charge < -0.3 is 4.74 Å². The summed E-state index contributed by atoms with van der Waals surface area (Å²) >= 11 is 0. The first-order chi connectivity index (χ1) is 14.2. The molecule has 1 N–H and O–H groups in total. The van der Waals surface area contributed by atoms with Crippen LogP contribution in [0.3, 0.4) is 0 Å². The summed E-state index contributed by atoms with van der Waals surface area (Å²) in [5, 5.41) is 5.37. The van der Waals surface area contributed by atoms with E-state index in [9.17, 15) is 9.59 Å².